The third-order valence-corrected chi connectivity index (χ3v) is 4.89. The summed E-state index contributed by atoms with van der Waals surface area (Å²) in [5, 5.41) is 12.3. The van der Waals surface area contributed by atoms with Gasteiger partial charge in [0.2, 0.25) is 0 Å². The number of allylic oxidation sites excluding steroid dienone is 2. The molecule has 1 fully saturated rings. The van der Waals surface area contributed by atoms with Crippen molar-refractivity contribution in [3.63, 3.8) is 0 Å². The molecule has 2 aliphatic rings. The van der Waals surface area contributed by atoms with E-state index in [2.05, 4.69) is 17.5 Å². The lowest BCUT2D eigenvalue weighted by Crippen LogP contribution is -2.49. The second-order valence-electron chi connectivity index (χ2n) is 6.56. The van der Waals surface area contributed by atoms with Gasteiger partial charge < -0.3 is 15.3 Å². The number of hydrogen-bond acceptors (Lipinski definition) is 2. The topological polar surface area (TPSA) is 52.6 Å². The minimum atomic E-state index is 0.0294. The fraction of sp³-hybridized carbons (Fsp3) is 0.500. The number of nitrogens with zero attached hydrogens (tertiary/aromatic N) is 1. The van der Waals surface area contributed by atoms with E-state index in [9.17, 15) is 9.90 Å². The number of phenolic OH excluding ortho intramolecular Hbond substituents is 1. The molecule has 2 N–H and O–H groups in total. The Labute approximate surface area is 131 Å². The highest BCUT2D eigenvalue weighted by atomic mass is 16.3. The van der Waals surface area contributed by atoms with Crippen LogP contribution in [-0.2, 0) is 6.54 Å². The van der Waals surface area contributed by atoms with Crippen LogP contribution in [0.1, 0.15) is 37.7 Å². The Kier molecular flexibility index (Phi) is 4.36. The highest BCUT2D eigenvalue weighted by Gasteiger charge is 2.36. The normalized spacial score (nSPS) is 24.5. The number of rotatable bonds is 2. The molecule has 3 rings (SSSR count). The smallest absolute Gasteiger partial charge is 0.317 e. The van der Waals surface area contributed by atoms with Crippen LogP contribution in [-0.4, -0.2) is 29.1 Å². The lowest BCUT2D eigenvalue weighted by atomic mass is 9.71. The number of amides is 2. The van der Waals surface area contributed by atoms with Crippen LogP contribution in [0.25, 0.3) is 0 Å². The summed E-state index contributed by atoms with van der Waals surface area (Å²) in [5.41, 5.74) is 1.31. The Bertz CT molecular complexity index is 553. The first kappa shape index (κ1) is 14.9. The lowest BCUT2D eigenvalue weighted by Gasteiger charge is -2.43. The van der Waals surface area contributed by atoms with Crippen LogP contribution in [0.15, 0.2) is 36.4 Å². The number of hydrogen-bond donors (Lipinski definition) is 2. The summed E-state index contributed by atoms with van der Waals surface area (Å²) in [6.07, 6.45) is 10.3. The van der Waals surface area contributed by atoms with E-state index in [1.54, 1.807) is 12.1 Å². The summed E-state index contributed by atoms with van der Waals surface area (Å²) in [6.45, 7) is 2.23. The van der Waals surface area contributed by atoms with Crippen molar-refractivity contribution < 1.29 is 9.90 Å². The average molecular weight is 300 g/mol. The van der Waals surface area contributed by atoms with Gasteiger partial charge >= 0.3 is 6.03 Å². The van der Waals surface area contributed by atoms with Crippen LogP contribution in [0.3, 0.4) is 0 Å². The number of carbonyl (C=O) groups is 1. The van der Waals surface area contributed by atoms with Gasteiger partial charge in [0.1, 0.15) is 5.75 Å². The monoisotopic (exact) mass is 300 g/mol. The number of likely N-dealkylation sites (tertiary alicyclic amines) is 1. The standard InChI is InChI=1S/C18H24N2O2/c21-16-7-5-15(6-8-16)13-19-17(22)20-12-4-11-18(14-20)9-2-1-3-10-18/h1-2,5-8,21H,3-4,9-14H2,(H,19,22). The number of piperidine rings is 1. The number of carbonyl (C=O) groups excluding carboxylic acids is 1. The molecule has 22 heavy (non-hydrogen) atoms. The molecular weight excluding hydrogens is 276 g/mol. The van der Waals surface area contributed by atoms with E-state index in [1.807, 2.05) is 17.0 Å². The van der Waals surface area contributed by atoms with Crippen LogP contribution < -0.4 is 5.32 Å². The van der Waals surface area contributed by atoms with Gasteiger partial charge in [-0.1, -0.05) is 24.3 Å². The van der Waals surface area contributed by atoms with Crippen molar-refractivity contribution >= 4 is 6.03 Å². The maximum atomic E-state index is 12.4. The first-order valence-electron chi connectivity index (χ1n) is 8.13. The van der Waals surface area contributed by atoms with E-state index in [1.165, 1.54) is 12.8 Å². The van der Waals surface area contributed by atoms with Crippen molar-refractivity contribution in [3.8, 4) is 5.75 Å². The molecular formula is C18H24N2O2. The zero-order chi connectivity index (χ0) is 15.4. The zero-order valence-electron chi connectivity index (χ0n) is 12.9. The second kappa shape index (κ2) is 6.42. The molecule has 1 aliphatic carbocycles. The summed E-state index contributed by atoms with van der Waals surface area (Å²) in [5.74, 6) is 0.249. The molecule has 0 radical (unpaired) electrons. The summed E-state index contributed by atoms with van der Waals surface area (Å²) in [6, 6.07) is 6.98. The molecule has 1 saturated heterocycles. The van der Waals surface area contributed by atoms with Crippen molar-refractivity contribution in [2.75, 3.05) is 13.1 Å². The van der Waals surface area contributed by atoms with Gasteiger partial charge in [-0.2, -0.15) is 0 Å². The van der Waals surface area contributed by atoms with Gasteiger partial charge in [0.05, 0.1) is 0 Å². The minimum absolute atomic E-state index is 0.0294. The average Bonchev–Trinajstić information content (AvgIpc) is 2.55. The molecule has 1 aliphatic heterocycles. The van der Waals surface area contributed by atoms with Gasteiger partial charge in [0.15, 0.2) is 0 Å². The maximum Gasteiger partial charge on any atom is 0.317 e. The highest BCUT2D eigenvalue weighted by Crippen LogP contribution is 2.40. The number of urea groups is 1. The van der Waals surface area contributed by atoms with Crippen molar-refractivity contribution in [1.29, 1.82) is 0 Å². The summed E-state index contributed by atoms with van der Waals surface area (Å²) < 4.78 is 0. The fourth-order valence-electron chi connectivity index (χ4n) is 3.60. The number of nitrogens with one attached hydrogen (secondary N) is 1. The van der Waals surface area contributed by atoms with Crippen LogP contribution in [0, 0.1) is 5.41 Å². The van der Waals surface area contributed by atoms with Crippen LogP contribution >= 0.6 is 0 Å². The molecule has 1 atom stereocenters. The van der Waals surface area contributed by atoms with E-state index in [0.29, 0.717) is 12.0 Å². The molecule has 1 aromatic carbocycles. The van der Waals surface area contributed by atoms with Crippen LogP contribution in [0.4, 0.5) is 4.79 Å². The first-order chi connectivity index (χ1) is 10.7. The quantitative estimate of drug-likeness (QED) is 0.822. The number of aromatic hydroxyl groups is 1. The van der Waals surface area contributed by atoms with Crippen LogP contribution in [0.2, 0.25) is 0 Å². The molecule has 1 heterocycles. The largest absolute Gasteiger partial charge is 0.508 e. The Morgan fingerprint density at radius 2 is 2.05 bits per heavy atom. The van der Waals surface area contributed by atoms with E-state index in [0.717, 1.165) is 37.9 Å². The van der Waals surface area contributed by atoms with E-state index >= 15 is 0 Å². The summed E-state index contributed by atoms with van der Waals surface area (Å²) >= 11 is 0. The fourth-order valence-corrected chi connectivity index (χ4v) is 3.60. The van der Waals surface area contributed by atoms with Crippen LogP contribution in [0.5, 0.6) is 5.75 Å². The molecule has 1 unspecified atom stereocenters. The highest BCUT2D eigenvalue weighted by molar-refractivity contribution is 5.74. The Morgan fingerprint density at radius 3 is 2.77 bits per heavy atom. The van der Waals surface area contributed by atoms with Crippen molar-refractivity contribution in [3.05, 3.63) is 42.0 Å². The van der Waals surface area contributed by atoms with Crippen molar-refractivity contribution in [1.82, 2.24) is 10.2 Å². The first-order valence-corrected chi connectivity index (χ1v) is 8.13. The predicted molar refractivity (Wildman–Crippen MR) is 86.6 cm³/mol. The van der Waals surface area contributed by atoms with Gasteiger partial charge in [-0.3, -0.25) is 0 Å². The van der Waals surface area contributed by atoms with E-state index in [4.69, 9.17) is 0 Å². The van der Waals surface area contributed by atoms with Gasteiger partial charge in [0, 0.05) is 19.6 Å². The Balaban J connectivity index is 1.55. The zero-order valence-corrected chi connectivity index (χ0v) is 12.9. The molecule has 4 heteroatoms. The predicted octanol–water partition coefficient (Wildman–Crippen LogP) is 3.42. The summed E-state index contributed by atoms with van der Waals surface area (Å²) in [7, 11) is 0. The minimum Gasteiger partial charge on any atom is -0.508 e. The molecule has 1 spiro atoms. The molecule has 4 nitrogen and oxygen atoms in total. The lowest BCUT2D eigenvalue weighted by molar-refractivity contribution is 0.0958. The van der Waals surface area contributed by atoms with E-state index in [-0.39, 0.29) is 11.8 Å². The van der Waals surface area contributed by atoms with Crippen molar-refractivity contribution in [2.45, 2.75) is 38.6 Å². The molecule has 0 saturated carbocycles. The molecule has 0 aromatic heterocycles. The van der Waals surface area contributed by atoms with Gasteiger partial charge in [0.25, 0.3) is 0 Å². The SMILES string of the molecule is O=C(NCc1ccc(O)cc1)N1CCCC2(CC=CCC2)C1. The van der Waals surface area contributed by atoms with Gasteiger partial charge in [-0.25, -0.2) is 4.79 Å². The van der Waals surface area contributed by atoms with Gasteiger partial charge in [-0.15, -0.1) is 0 Å². The molecule has 0 bridgehead atoms. The maximum absolute atomic E-state index is 12.4. The Hall–Kier alpha value is -1.97. The number of phenols is 1. The molecule has 2 amide bonds. The third-order valence-electron chi connectivity index (χ3n) is 4.89. The molecule has 118 valence electrons. The van der Waals surface area contributed by atoms with Gasteiger partial charge in [-0.05, 0) is 55.2 Å². The number of benzene rings is 1. The second-order valence-corrected chi connectivity index (χ2v) is 6.56. The summed E-state index contributed by atoms with van der Waals surface area (Å²) in [4.78, 5) is 14.4. The van der Waals surface area contributed by atoms with Crippen molar-refractivity contribution in [2.24, 2.45) is 5.41 Å². The van der Waals surface area contributed by atoms with E-state index < -0.39 is 0 Å². The Morgan fingerprint density at radius 1 is 1.23 bits per heavy atom. The molecule has 1 aromatic rings. The third kappa shape index (κ3) is 3.43.